The summed E-state index contributed by atoms with van der Waals surface area (Å²) in [7, 11) is 0. The lowest BCUT2D eigenvalue weighted by Gasteiger charge is -2.22. The first-order valence-electron chi connectivity index (χ1n) is 18.8. The zero-order valence-corrected chi connectivity index (χ0v) is 30.2. The van der Waals surface area contributed by atoms with Gasteiger partial charge in [0.15, 0.2) is 0 Å². The van der Waals surface area contributed by atoms with Gasteiger partial charge in [0.25, 0.3) is 0 Å². The van der Waals surface area contributed by atoms with Crippen LogP contribution < -0.4 is 0 Å². The fraction of sp³-hybridized carbons (Fsp3) is 0.0800. The maximum absolute atomic E-state index is 4.60. The van der Waals surface area contributed by atoms with Gasteiger partial charge in [-0.05, 0) is 143 Å². The molecule has 0 amide bonds. The fourth-order valence-corrected chi connectivity index (χ4v) is 8.92. The minimum atomic E-state index is 0.996. The molecule has 256 valence electrons. The largest absolute Gasteiger partial charge is 0.307 e. The summed E-state index contributed by atoms with van der Waals surface area (Å²) in [4.78, 5) is 9.20. The third-order valence-electron chi connectivity index (χ3n) is 11.7. The average molecular weight is 693 g/mol. The summed E-state index contributed by atoms with van der Waals surface area (Å²) in [6.07, 6.45) is 9.78. The Labute approximate surface area is 313 Å². The molecular formula is C50H36N4. The molecule has 4 nitrogen and oxygen atoms in total. The smallest absolute Gasteiger partial charge is 0.0674 e. The van der Waals surface area contributed by atoms with Crippen molar-refractivity contribution in [1.82, 2.24) is 19.1 Å². The average Bonchev–Trinajstić information content (AvgIpc) is 3.71. The summed E-state index contributed by atoms with van der Waals surface area (Å²) in [6, 6.07) is 49.3. The van der Waals surface area contributed by atoms with E-state index < -0.39 is 0 Å². The normalized spacial score (nSPS) is 12.5. The van der Waals surface area contributed by atoms with E-state index in [1.165, 1.54) is 99.2 Å². The van der Waals surface area contributed by atoms with Crippen LogP contribution in [0, 0.1) is 13.8 Å². The minimum Gasteiger partial charge on any atom is -0.307 e. The molecule has 4 heteroatoms. The highest BCUT2D eigenvalue weighted by molar-refractivity contribution is 6.14. The molecule has 0 aliphatic heterocycles. The van der Waals surface area contributed by atoms with Gasteiger partial charge < -0.3 is 9.13 Å². The second-order valence-corrected chi connectivity index (χ2v) is 14.7. The lowest BCUT2D eigenvalue weighted by Crippen LogP contribution is -2.05. The summed E-state index contributed by atoms with van der Waals surface area (Å²) in [5, 5.41) is 5.09. The maximum atomic E-state index is 4.60. The van der Waals surface area contributed by atoms with Crippen LogP contribution in [-0.2, 0) is 12.8 Å². The Morgan fingerprint density at radius 3 is 1.26 bits per heavy atom. The van der Waals surface area contributed by atoms with Crippen LogP contribution in [0.25, 0.3) is 88.4 Å². The molecule has 54 heavy (non-hydrogen) atoms. The minimum absolute atomic E-state index is 0.996. The van der Waals surface area contributed by atoms with E-state index in [2.05, 4.69) is 166 Å². The molecule has 0 unspecified atom stereocenters. The number of hydrogen-bond donors (Lipinski definition) is 0. The van der Waals surface area contributed by atoms with Crippen LogP contribution in [0.1, 0.15) is 22.3 Å². The SMILES string of the molecule is Cc1ccncc1-n1c2ccc(-c3ccccc3)cc2c2cc3c(cc21)-c1cc2c(cc1CC3)c1cc(-c3ccccc3)ccc1n2-c1cnccc1C. The summed E-state index contributed by atoms with van der Waals surface area (Å²) >= 11 is 0. The predicted octanol–water partition coefficient (Wildman–Crippen LogP) is 12.4. The highest BCUT2D eigenvalue weighted by Gasteiger charge is 2.24. The van der Waals surface area contributed by atoms with Crippen molar-refractivity contribution >= 4 is 43.6 Å². The van der Waals surface area contributed by atoms with Gasteiger partial charge in [0.05, 0.1) is 45.8 Å². The van der Waals surface area contributed by atoms with E-state index in [9.17, 15) is 0 Å². The zero-order valence-electron chi connectivity index (χ0n) is 30.2. The van der Waals surface area contributed by atoms with Gasteiger partial charge in [0.1, 0.15) is 0 Å². The van der Waals surface area contributed by atoms with Crippen molar-refractivity contribution < 1.29 is 0 Å². The summed E-state index contributed by atoms with van der Waals surface area (Å²) < 4.78 is 4.85. The number of fused-ring (bicyclic) bond motifs is 9. The fourth-order valence-electron chi connectivity index (χ4n) is 8.92. The Hall–Kier alpha value is -6.78. The first kappa shape index (κ1) is 30.8. The molecule has 1 aliphatic carbocycles. The highest BCUT2D eigenvalue weighted by atomic mass is 15.0. The third-order valence-corrected chi connectivity index (χ3v) is 11.7. The molecule has 0 atom stereocenters. The van der Waals surface area contributed by atoms with Crippen LogP contribution in [0.5, 0.6) is 0 Å². The molecule has 11 rings (SSSR count). The zero-order chi connectivity index (χ0) is 35.9. The summed E-state index contributed by atoms with van der Waals surface area (Å²) in [5.41, 5.74) is 19.7. The molecule has 1 aliphatic rings. The highest BCUT2D eigenvalue weighted by Crippen LogP contribution is 2.45. The van der Waals surface area contributed by atoms with Crippen molar-refractivity contribution in [3.8, 4) is 44.8 Å². The van der Waals surface area contributed by atoms with Gasteiger partial charge in [0, 0.05) is 33.9 Å². The third kappa shape index (κ3) is 4.63. The van der Waals surface area contributed by atoms with Crippen LogP contribution in [0.2, 0.25) is 0 Å². The van der Waals surface area contributed by atoms with E-state index in [1.54, 1.807) is 0 Å². The number of pyridine rings is 2. The van der Waals surface area contributed by atoms with Gasteiger partial charge >= 0.3 is 0 Å². The first-order valence-corrected chi connectivity index (χ1v) is 18.8. The Morgan fingerprint density at radius 1 is 0.407 bits per heavy atom. The van der Waals surface area contributed by atoms with Crippen molar-refractivity contribution in [2.75, 3.05) is 0 Å². The van der Waals surface area contributed by atoms with Crippen molar-refractivity contribution in [1.29, 1.82) is 0 Å². The second-order valence-electron chi connectivity index (χ2n) is 14.7. The number of aryl methyl sites for hydroxylation is 4. The van der Waals surface area contributed by atoms with E-state index in [0.717, 1.165) is 24.2 Å². The molecule has 10 aromatic rings. The molecule has 0 radical (unpaired) electrons. The van der Waals surface area contributed by atoms with E-state index in [0.29, 0.717) is 0 Å². The van der Waals surface area contributed by atoms with Gasteiger partial charge in [-0.25, -0.2) is 0 Å². The first-order chi connectivity index (χ1) is 26.6. The number of rotatable bonds is 4. The van der Waals surface area contributed by atoms with Crippen molar-refractivity contribution in [3.63, 3.8) is 0 Å². The topological polar surface area (TPSA) is 35.6 Å². The second kappa shape index (κ2) is 11.9. The van der Waals surface area contributed by atoms with Crippen LogP contribution in [0.4, 0.5) is 0 Å². The monoisotopic (exact) mass is 692 g/mol. The molecule has 4 heterocycles. The van der Waals surface area contributed by atoms with Gasteiger partial charge in [-0.2, -0.15) is 0 Å². The number of nitrogens with zero attached hydrogens (tertiary/aromatic N) is 4. The molecule has 0 fully saturated rings. The maximum Gasteiger partial charge on any atom is 0.0674 e. The van der Waals surface area contributed by atoms with Crippen LogP contribution >= 0.6 is 0 Å². The van der Waals surface area contributed by atoms with Crippen LogP contribution in [0.3, 0.4) is 0 Å². The van der Waals surface area contributed by atoms with Crippen molar-refractivity contribution in [2.24, 2.45) is 0 Å². The molecule has 0 N–H and O–H groups in total. The Balaban J connectivity index is 1.19. The molecule has 6 aromatic carbocycles. The van der Waals surface area contributed by atoms with E-state index >= 15 is 0 Å². The molecule has 0 spiro atoms. The standard InChI is InChI=1S/C50H36N4/c1-31-19-21-51-29-49(31)53-45-17-15-35(33-9-5-3-6-10-33)23-41(45)43-25-37-13-14-38-26-44-42-24-36(34-11-7-4-8-12-34)16-18-46(42)54(50-30-52-22-20-32(50)2)48(44)28-40(38)39(37)27-47(43)53/h3-12,15-30H,13-14H2,1-2H3. The summed E-state index contributed by atoms with van der Waals surface area (Å²) in [6.45, 7) is 4.36. The number of benzene rings is 6. The lowest BCUT2D eigenvalue weighted by molar-refractivity contribution is 0.945. The molecule has 0 saturated carbocycles. The Morgan fingerprint density at radius 2 is 0.833 bits per heavy atom. The molecule has 0 bridgehead atoms. The molecular weight excluding hydrogens is 657 g/mol. The Bertz CT molecular complexity index is 2900. The quantitative estimate of drug-likeness (QED) is 0.184. The van der Waals surface area contributed by atoms with Crippen molar-refractivity contribution in [2.45, 2.75) is 26.7 Å². The van der Waals surface area contributed by atoms with Gasteiger partial charge in [0.2, 0.25) is 0 Å². The Kier molecular flexibility index (Phi) is 6.77. The van der Waals surface area contributed by atoms with Gasteiger partial charge in [-0.1, -0.05) is 72.8 Å². The van der Waals surface area contributed by atoms with Crippen LogP contribution in [-0.4, -0.2) is 19.1 Å². The number of aromatic nitrogens is 4. The molecule has 4 aromatic heterocycles. The van der Waals surface area contributed by atoms with E-state index in [4.69, 9.17) is 0 Å². The predicted molar refractivity (Wildman–Crippen MR) is 224 cm³/mol. The van der Waals surface area contributed by atoms with Gasteiger partial charge in [-0.3, -0.25) is 9.97 Å². The lowest BCUT2D eigenvalue weighted by atomic mass is 9.84. The summed E-state index contributed by atoms with van der Waals surface area (Å²) in [5.74, 6) is 0. The van der Waals surface area contributed by atoms with Crippen LogP contribution in [0.15, 0.2) is 158 Å². The van der Waals surface area contributed by atoms with E-state index in [-0.39, 0.29) is 0 Å². The molecule has 0 saturated heterocycles. The van der Waals surface area contributed by atoms with Gasteiger partial charge in [-0.15, -0.1) is 0 Å². The number of hydrogen-bond acceptors (Lipinski definition) is 2. The van der Waals surface area contributed by atoms with Crippen molar-refractivity contribution in [3.05, 3.63) is 181 Å². The van der Waals surface area contributed by atoms with E-state index in [1.807, 2.05) is 24.8 Å².